The number of rotatable bonds is 2. The number of nitrogens with one attached hydrogen (secondary N) is 1. The Balaban J connectivity index is 1.81. The van der Waals surface area contributed by atoms with Crippen molar-refractivity contribution in [3.8, 4) is 0 Å². The van der Waals surface area contributed by atoms with E-state index in [9.17, 15) is 0 Å². The molecule has 1 saturated heterocycles. The van der Waals surface area contributed by atoms with Crippen LogP contribution in [-0.2, 0) is 0 Å². The molecule has 2 unspecified atom stereocenters. The molecule has 2 aliphatic heterocycles. The van der Waals surface area contributed by atoms with Crippen molar-refractivity contribution in [3.63, 3.8) is 0 Å². The molecule has 3 nitrogen and oxygen atoms in total. The van der Waals surface area contributed by atoms with Gasteiger partial charge >= 0.3 is 0 Å². The van der Waals surface area contributed by atoms with E-state index in [0.29, 0.717) is 12.1 Å². The Morgan fingerprint density at radius 1 is 1.60 bits per heavy atom. The molecule has 2 atom stereocenters. The van der Waals surface area contributed by atoms with E-state index >= 15 is 0 Å². The average molecular weight is 227 g/mol. The average Bonchev–Trinajstić information content (AvgIpc) is 2.65. The maximum Gasteiger partial charge on any atom is 0.157 e. The van der Waals surface area contributed by atoms with Crippen LogP contribution in [0.3, 0.4) is 0 Å². The lowest BCUT2D eigenvalue weighted by Gasteiger charge is -2.30. The minimum atomic E-state index is 0.554. The van der Waals surface area contributed by atoms with E-state index in [2.05, 4.69) is 29.2 Å². The Bertz CT molecular complexity index is 242. The van der Waals surface area contributed by atoms with Crippen LogP contribution in [0.1, 0.15) is 26.2 Å². The third kappa shape index (κ3) is 3.11. The Kier molecular flexibility index (Phi) is 3.92. The van der Waals surface area contributed by atoms with Gasteiger partial charge in [0.1, 0.15) is 0 Å². The van der Waals surface area contributed by atoms with E-state index in [1.807, 2.05) is 11.8 Å². The number of amidine groups is 1. The minimum absolute atomic E-state index is 0.554. The standard InChI is InChI=1S/C11H21N3S/c1-3-9-8-15-11(12-9)13-10-5-4-6-14(2)7-10/h9-10H,3-8H2,1-2H3,(H,12,13). The second-order valence-electron chi connectivity index (χ2n) is 4.55. The van der Waals surface area contributed by atoms with E-state index in [-0.39, 0.29) is 0 Å². The summed E-state index contributed by atoms with van der Waals surface area (Å²) < 4.78 is 0. The number of nitrogens with zero attached hydrogens (tertiary/aromatic N) is 2. The molecule has 2 aliphatic rings. The molecular formula is C11H21N3S. The van der Waals surface area contributed by atoms with Crippen molar-refractivity contribution in [2.45, 2.75) is 38.3 Å². The van der Waals surface area contributed by atoms with Crippen molar-refractivity contribution in [1.82, 2.24) is 10.2 Å². The second kappa shape index (κ2) is 5.21. The predicted molar refractivity (Wildman–Crippen MR) is 67.6 cm³/mol. The maximum atomic E-state index is 4.68. The van der Waals surface area contributed by atoms with Gasteiger partial charge in [-0.25, -0.2) is 0 Å². The Morgan fingerprint density at radius 3 is 3.13 bits per heavy atom. The predicted octanol–water partition coefficient (Wildman–Crippen LogP) is 1.55. The summed E-state index contributed by atoms with van der Waals surface area (Å²) in [6.07, 6.45) is 3.77. The zero-order valence-electron chi connectivity index (χ0n) is 9.70. The van der Waals surface area contributed by atoms with Crippen LogP contribution in [0.15, 0.2) is 4.99 Å². The smallest absolute Gasteiger partial charge is 0.157 e. The number of thioether (sulfide) groups is 1. The molecule has 0 saturated carbocycles. The molecule has 0 amide bonds. The number of aliphatic imine (C=N–C) groups is 1. The zero-order chi connectivity index (χ0) is 10.7. The van der Waals surface area contributed by atoms with Crippen molar-refractivity contribution in [2.24, 2.45) is 4.99 Å². The summed E-state index contributed by atoms with van der Waals surface area (Å²) in [5.74, 6) is 1.17. The Hall–Kier alpha value is -0.220. The maximum absolute atomic E-state index is 4.68. The molecule has 2 rings (SSSR count). The third-order valence-electron chi connectivity index (χ3n) is 3.14. The summed E-state index contributed by atoms with van der Waals surface area (Å²) in [5.41, 5.74) is 0. The lowest BCUT2D eigenvalue weighted by molar-refractivity contribution is 0.241. The molecule has 0 aromatic carbocycles. The molecule has 0 aliphatic carbocycles. The van der Waals surface area contributed by atoms with Crippen LogP contribution < -0.4 is 5.32 Å². The highest BCUT2D eigenvalue weighted by Gasteiger charge is 2.22. The number of hydrogen-bond donors (Lipinski definition) is 1. The van der Waals surface area contributed by atoms with E-state index in [4.69, 9.17) is 0 Å². The SMILES string of the molecule is CCC1CSC(NC2CCCN(C)C2)=N1. The fourth-order valence-corrected chi connectivity index (χ4v) is 3.30. The molecule has 1 fully saturated rings. The van der Waals surface area contributed by atoms with Crippen LogP contribution in [0.2, 0.25) is 0 Å². The zero-order valence-corrected chi connectivity index (χ0v) is 10.5. The Morgan fingerprint density at radius 2 is 2.47 bits per heavy atom. The van der Waals surface area contributed by atoms with Crippen molar-refractivity contribution >= 4 is 16.9 Å². The molecule has 1 N–H and O–H groups in total. The monoisotopic (exact) mass is 227 g/mol. The van der Waals surface area contributed by atoms with E-state index in [0.717, 1.165) is 6.54 Å². The van der Waals surface area contributed by atoms with Crippen molar-refractivity contribution in [1.29, 1.82) is 0 Å². The third-order valence-corrected chi connectivity index (χ3v) is 4.18. The molecule has 0 aromatic rings. The summed E-state index contributed by atoms with van der Waals surface area (Å²) in [6, 6.07) is 1.17. The van der Waals surface area contributed by atoms with Crippen LogP contribution in [-0.4, -0.2) is 48.0 Å². The largest absolute Gasteiger partial charge is 0.361 e. The number of hydrogen-bond acceptors (Lipinski definition) is 4. The quantitative estimate of drug-likeness (QED) is 0.775. The molecule has 0 bridgehead atoms. The van der Waals surface area contributed by atoms with Crippen LogP contribution in [0.4, 0.5) is 0 Å². The molecule has 15 heavy (non-hydrogen) atoms. The topological polar surface area (TPSA) is 27.6 Å². The highest BCUT2D eigenvalue weighted by molar-refractivity contribution is 8.14. The van der Waals surface area contributed by atoms with Crippen molar-refractivity contribution in [2.75, 3.05) is 25.9 Å². The Labute approximate surface area is 96.7 Å². The van der Waals surface area contributed by atoms with Gasteiger partial charge in [0.15, 0.2) is 5.17 Å². The van der Waals surface area contributed by atoms with E-state index in [1.54, 1.807) is 0 Å². The summed E-state index contributed by atoms with van der Waals surface area (Å²) >= 11 is 1.89. The lowest BCUT2D eigenvalue weighted by atomic mass is 10.1. The summed E-state index contributed by atoms with van der Waals surface area (Å²) in [7, 11) is 2.20. The second-order valence-corrected chi connectivity index (χ2v) is 5.56. The molecule has 2 heterocycles. The molecule has 0 aromatic heterocycles. The van der Waals surface area contributed by atoms with Gasteiger partial charge in [0, 0.05) is 18.3 Å². The highest BCUT2D eigenvalue weighted by atomic mass is 32.2. The van der Waals surface area contributed by atoms with Crippen LogP contribution >= 0.6 is 11.8 Å². The van der Waals surface area contributed by atoms with Crippen LogP contribution in [0.25, 0.3) is 0 Å². The first kappa shape index (κ1) is 11.3. The van der Waals surface area contributed by atoms with E-state index < -0.39 is 0 Å². The van der Waals surface area contributed by atoms with Gasteiger partial charge in [-0.05, 0) is 32.9 Å². The first-order chi connectivity index (χ1) is 7.28. The van der Waals surface area contributed by atoms with Crippen LogP contribution in [0.5, 0.6) is 0 Å². The first-order valence-electron chi connectivity index (χ1n) is 5.93. The lowest BCUT2D eigenvalue weighted by Crippen LogP contribution is -2.45. The number of likely N-dealkylation sites (tertiary alicyclic amines) is 1. The molecular weight excluding hydrogens is 206 g/mol. The van der Waals surface area contributed by atoms with E-state index in [1.165, 1.54) is 36.7 Å². The summed E-state index contributed by atoms with van der Waals surface area (Å²) in [5, 5.41) is 4.77. The van der Waals surface area contributed by atoms with Crippen molar-refractivity contribution in [3.05, 3.63) is 0 Å². The minimum Gasteiger partial charge on any atom is -0.361 e. The molecule has 86 valence electrons. The van der Waals surface area contributed by atoms with Gasteiger partial charge < -0.3 is 10.2 Å². The fourth-order valence-electron chi connectivity index (χ4n) is 2.16. The normalized spacial score (nSPS) is 32.8. The number of piperidine rings is 1. The van der Waals surface area contributed by atoms with Crippen molar-refractivity contribution < 1.29 is 0 Å². The summed E-state index contributed by atoms with van der Waals surface area (Å²) in [6.45, 7) is 4.62. The van der Waals surface area contributed by atoms with Gasteiger partial charge in [0.2, 0.25) is 0 Å². The highest BCUT2D eigenvalue weighted by Crippen LogP contribution is 2.20. The summed E-state index contributed by atoms with van der Waals surface area (Å²) in [4.78, 5) is 7.08. The molecule has 0 spiro atoms. The van der Waals surface area contributed by atoms with Gasteiger partial charge in [-0.2, -0.15) is 0 Å². The molecule has 0 radical (unpaired) electrons. The fraction of sp³-hybridized carbons (Fsp3) is 0.909. The van der Waals surface area contributed by atoms with Gasteiger partial charge in [-0.15, -0.1) is 0 Å². The molecule has 4 heteroatoms. The van der Waals surface area contributed by atoms with Gasteiger partial charge in [0.05, 0.1) is 6.04 Å². The van der Waals surface area contributed by atoms with Gasteiger partial charge in [0.25, 0.3) is 0 Å². The van der Waals surface area contributed by atoms with Gasteiger partial charge in [-0.1, -0.05) is 18.7 Å². The first-order valence-corrected chi connectivity index (χ1v) is 6.92. The van der Waals surface area contributed by atoms with Gasteiger partial charge in [-0.3, -0.25) is 4.99 Å². The van der Waals surface area contributed by atoms with Crippen LogP contribution in [0, 0.1) is 0 Å². The number of likely N-dealkylation sites (N-methyl/N-ethyl adjacent to an activating group) is 1.